The van der Waals surface area contributed by atoms with Crippen LogP contribution in [0.3, 0.4) is 0 Å². The zero-order valence-corrected chi connectivity index (χ0v) is 16.1. The van der Waals surface area contributed by atoms with Gasteiger partial charge in [-0.3, -0.25) is 14.4 Å². The predicted octanol–water partition coefficient (Wildman–Crippen LogP) is 2.11. The Hall–Kier alpha value is -1.40. The number of nitrogens with zero attached hydrogens (tertiary/aromatic N) is 4. The molecule has 1 amide bonds. The second kappa shape index (κ2) is 8.09. The number of carbonyl (C=O) groups is 1. The molecule has 6 heteroatoms. The van der Waals surface area contributed by atoms with Gasteiger partial charge in [0.1, 0.15) is 0 Å². The Kier molecular flexibility index (Phi) is 5.60. The molecule has 2 aliphatic heterocycles. The number of aryl methyl sites for hydroxylation is 1. The van der Waals surface area contributed by atoms with Crippen LogP contribution in [0.2, 0.25) is 0 Å². The number of hydrogen-bond acceptors (Lipinski definition) is 4. The van der Waals surface area contributed by atoms with Crippen molar-refractivity contribution in [2.45, 2.75) is 64.5 Å². The summed E-state index contributed by atoms with van der Waals surface area (Å²) in [5.74, 6) is 0.165. The Labute approximate surface area is 156 Å². The molecule has 4 rings (SSSR count). The molecule has 0 N–H and O–H groups in total. The molecule has 0 radical (unpaired) electrons. The summed E-state index contributed by atoms with van der Waals surface area (Å²) in [6.07, 6.45) is 7.89. The van der Waals surface area contributed by atoms with Gasteiger partial charge in [-0.1, -0.05) is 12.8 Å². The molecule has 1 aliphatic carbocycles. The maximum absolute atomic E-state index is 13.3. The molecule has 0 unspecified atom stereocenters. The van der Waals surface area contributed by atoms with Crippen LogP contribution >= 0.6 is 0 Å². The molecule has 1 aromatic rings. The lowest BCUT2D eigenvalue weighted by Gasteiger charge is -2.36. The van der Waals surface area contributed by atoms with Crippen molar-refractivity contribution in [3.05, 3.63) is 17.0 Å². The zero-order chi connectivity index (χ0) is 17.9. The zero-order valence-electron chi connectivity index (χ0n) is 16.1. The molecule has 6 nitrogen and oxygen atoms in total. The number of likely N-dealkylation sites (tertiary alicyclic amines) is 1. The quantitative estimate of drug-likeness (QED) is 0.828. The van der Waals surface area contributed by atoms with Crippen molar-refractivity contribution >= 4 is 5.91 Å². The maximum Gasteiger partial charge on any atom is 0.274 e. The van der Waals surface area contributed by atoms with E-state index < -0.39 is 0 Å². The highest BCUT2D eigenvalue weighted by Gasteiger charge is 2.33. The van der Waals surface area contributed by atoms with Crippen LogP contribution < -0.4 is 0 Å². The van der Waals surface area contributed by atoms with E-state index in [1.54, 1.807) is 0 Å². The van der Waals surface area contributed by atoms with E-state index in [0.717, 1.165) is 83.7 Å². The summed E-state index contributed by atoms with van der Waals surface area (Å²) in [7, 11) is 0. The van der Waals surface area contributed by atoms with Gasteiger partial charge < -0.3 is 9.64 Å². The van der Waals surface area contributed by atoms with Gasteiger partial charge in [-0.2, -0.15) is 5.10 Å². The van der Waals surface area contributed by atoms with Crippen molar-refractivity contribution in [1.29, 1.82) is 0 Å². The molecule has 0 bridgehead atoms. The Morgan fingerprint density at radius 3 is 2.54 bits per heavy atom. The predicted molar refractivity (Wildman–Crippen MR) is 100 cm³/mol. The minimum Gasteiger partial charge on any atom is -0.379 e. The van der Waals surface area contributed by atoms with Crippen LogP contribution in [0.4, 0.5) is 0 Å². The van der Waals surface area contributed by atoms with Gasteiger partial charge in [0, 0.05) is 50.0 Å². The highest BCUT2D eigenvalue weighted by molar-refractivity contribution is 5.94. The van der Waals surface area contributed by atoms with E-state index in [0.29, 0.717) is 6.04 Å². The number of ether oxygens (including phenoxy) is 1. The first-order chi connectivity index (χ1) is 12.8. The van der Waals surface area contributed by atoms with Crippen molar-refractivity contribution in [3.63, 3.8) is 0 Å². The van der Waals surface area contributed by atoms with Crippen LogP contribution in [0.1, 0.15) is 60.8 Å². The highest BCUT2D eigenvalue weighted by atomic mass is 16.5. The molecule has 0 aromatic carbocycles. The molecule has 3 heterocycles. The monoisotopic (exact) mass is 360 g/mol. The van der Waals surface area contributed by atoms with Crippen LogP contribution in [0, 0.1) is 0 Å². The first-order valence-corrected chi connectivity index (χ1v) is 10.5. The van der Waals surface area contributed by atoms with Crippen molar-refractivity contribution < 1.29 is 9.53 Å². The SMILES string of the molecule is CCn1nc(C(=O)N2CCCCCC2)c2c1CC[C@H](N1CCOCC1)C2. The second-order valence-electron chi connectivity index (χ2n) is 7.84. The third kappa shape index (κ3) is 3.54. The molecule has 1 aromatic heterocycles. The van der Waals surface area contributed by atoms with Gasteiger partial charge in [-0.05, 0) is 39.0 Å². The fourth-order valence-corrected chi connectivity index (χ4v) is 4.78. The Morgan fingerprint density at radius 2 is 1.85 bits per heavy atom. The molecule has 1 atom stereocenters. The van der Waals surface area contributed by atoms with Gasteiger partial charge in [0.05, 0.1) is 13.2 Å². The minimum absolute atomic E-state index is 0.165. The summed E-state index contributed by atoms with van der Waals surface area (Å²) >= 11 is 0. The summed E-state index contributed by atoms with van der Waals surface area (Å²) in [4.78, 5) is 17.9. The number of rotatable bonds is 3. The average Bonchev–Trinajstić information content (AvgIpc) is 2.86. The van der Waals surface area contributed by atoms with Gasteiger partial charge >= 0.3 is 0 Å². The van der Waals surface area contributed by atoms with Crippen molar-refractivity contribution in [3.8, 4) is 0 Å². The van der Waals surface area contributed by atoms with Gasteiger partial charge in [0.25, 0.3) is 5.91 Å². The fraction of sp³-hybridized carbons (Fsp3) is 0.800. The van der Waals surface area contributed by atoms with E-state index in [-0.39, 0.29) is 5.91 Å². The summed E-state index contributed by atoms with van der Waals surface area (Å²) in [6.45, 7) is 8.43. The van der Waals surface area contributed by atoms with E-state index in [1.807, 2.05) is 4.90 Å². The third-order valence-electron chi connectivity index (χ3n) is 6.28. The summed E-state index contributed by atoms with van der Waals surface area (Å²) in [5.41, 5.74) is 3.26. The second-order valence-corrected chi connectivity index (χ2v) is 7.84. The lowest BCUT2D eigenvalue weighted by Crippen LogP contribution is -2.46. The van der Waals surface area contributed by atoms with Gasteiger partial charge in [-0.15, -0.1) is 0 Å². The van der Waals surface area contributed by atoms with Crippen LogP contribution in [0.15, 0.2) is 0 Å². The molecular weight excluding hydrogens is 328 g/mol. The summed E-state index contributed by atoms with van der Waals surface area (Å²) in [6, 6.07) is 0.525. The lowest BCUT2D eigenvalue weighted by atomic mass is 9.89. The lowest BCUT2D eigenvalue weighted by molar-refractivity contribution is 0.0135. The Balaban J connectivity index is 1.58. The average molecular weight is 361 g/mol. The van der Waals surface area contributed by atoms with Crippen LogP contribution in [-0.4, -0.2) is 70.9 Å². The minimum atomic E-state index is 0.165. The van der Waals surface area contributed by atoms with E-state index in [2.05, 4.69) is 16.5 Å². The number of hydrogen-bond donors (Lipinski definition) is 0. The van der Waals surface area contributed by atoms with Crippen LogP contribution in [0.5, 0.6) is 0 Å². The van der Waals surface area contributed by atoms with Gasteiger partial charge in [0.15, 0.2) is 5.69 Å². The number of aromatic nitrogens is 2. The van der Waals surface area contributed by atoms with Crippen molar-refractivity contribution in [2.75, 3.05) is 39.4 Å². The molecule has 2 fully saturated rings. The number of carbonyl (C=O) groups excluding carboxylic acids is 1. The van der Waals surface area contributed by atoms with Gasteiger partial charge in [0.2, 0.25) is 0 Å². The smallest absolute Gasteiger partial charge is 0.274 e. The summed E-state index contributed by atoms with van der Waals surface area (Å²) < 4.78 is 7.60. The van der Waals surface area contributed by atoms with Crippen LogP contribution in [0.25, 0.3) is 0 Å². The topological polar surface area (TPSA) is 50.6 Å². The third-order valence-corrected chi connectivity index (χ3v) is 6.28. The molecule has 144 valence electrons. The highest BCUT2D eigenvalue weighted by Crippen LogP contribution is 2.29. The fourth-order valence-electron chi connectivity index (χ4n) is 4.78. The Morgan fingerprint density at radius 1 is 1.12 bits per heavy atom. The molecular formula is C20H32N4O2. The largest absolute Gasteiger partial charge is 0.379 e. The number of morpholine rings is 1. The van der Waals surface area contributed by atoms with Crippen molar-refractivity contribution in [1.82, 2.24) is 19.6 Å². The first kappa shape index (κ1) is 18.0. The number of fused-ring (bicyclic) bond motifs is 1. The van der Waals surface area contributed by atoms with Gasteiger partial charge in [-0.25, -0.2) is 0 Å². The Bertz CT molecular complexity index is 628. The maximum atomic E-state index is 13.3. The molecule has 0 saturated carbocycles. The molecule has 3 aliphatic rings. The van der Waals surface area contributed by atoms with E-state index >= 15 is 0 Å². The molecule has 2 saturated heterocycles. The summed E-state index contributed by atoms with van der Waals surface area (Å²) in [5, 5.41) is 4.78. The van der Waals surface area contributed by atoms with Crippen molar-refractivity contribution in [2.24, 2.45) is 0 Å². The van der Waals surface area contributed by atoms with E-state index in [9.17, 15) is 4.79 Å². The van der Waals surface area contributed by atoms with Crippen LogP contribution in [-0.2, 0) is 24.1 Å². The van der Waals surface area contributed by atoms with E-state index in [1.165, 1.54) is 24.1 Å². The first-order valence-electron chi connectivity index (χ1n) is 10.5. The van der Waals surface area contributed by atoms with E-state index in [4.69, 9.17) is 9.84 Å². The standard InChI is InChI=1S/C20H32N4O2/c1-2-24-18-8-7-16(22-11-13-26-14-12-22)15-17(18)19(21-24)20(25)23-9-5-3-4-6-10-23/h16H,2-15H2,1H3/t16-/m0/s1. The normalized spacial score (nSPS) is 25.0. The number of amides is 1. The molecule has 26 heavy (non-hydrogen) atoms. The molecule has 0 spiro atoms.